The van der Waals surface area contributed by atoms with Gasteiger partial charge in [-0.1, -0.05) is 53.6 Å². The molecular formula is C17H13N3O. The van der Waals surface area contributed by atoms with E-state index in [4.69, 9.17) is 0 Å². The van der Waals surface area contributed by atoms with Crippen molar-refractivity contribution in [3.8, 4) is 0 Å². The monoisotopic (exact) mass is 275 g/mol. The maximum Gasteiger partial charge on any atom is 0.364 e. The molecule has 3 rings (SSSR count). The number of nitrogens with one attached hydrogen (secondary N) is 1. The van der Waals surface area contributed by atoms with Crippen molar-refractivity contribution in [2.75, 3.05) is 5.32 Å². The predicted molar refractivity (Wildman–Crippen MR) is 83.9 cm³/mol. The summed E-state index contributed by atoms with van der Waals surface area (Å²) in [7, 11) is 0. The Balaban J connectivity index is 1.73. The molecule has 0 radical (unpaired) electrons. The van der Waals surface area contributed by atoms with E-state index >= 15 is 0 Å². The van der Waals surface area contributed by atoms with Crippen LogP contribution in [0.5, 0.6) is 0 Å². The first kappa shape index (κ1) is 13.0. The second kappa shape index (κ2) is 5.96. The predicted octanol–water partition coefficient (Wildman–Crippen LogP) is 5.16. The van der Waals surface area contributed by atoms with Gasteiger partial charge in [0.05, 0.1) is 5.69 Å². The fourth-order valence-corrected chi connectivity index (χ4v) is 2.01. The molecule has 0 saturated carbocycles. The van der Waals surface area contributed by atoms with Gasteiger partial charge in [-0.2, -0.15) is 0 Å². The smallest absolute Gasteiger partial charge is 0.305 e. The van der Waals surface area contributed by atoms with E-state index in [0.29, 0.717) is 11.4 Å². The second-order valence-corrected chi connectivity index (χ2v) is 4.53. The number of carbonyl (C=O) groups excluding carboxylic acids is 1. The largest absolute Gasteiger partial charge is 0.364 e. The van der Waals surface area contributed by atoms with Gasteiger partial charge in [0, 0.05) is 5.69 Å². The summed E-state index contributed by atoms with van der Waals surface area (Å²) in [5.74, 6) is 0. The molecule has 2 amide bonds. The normalized spacial score (nSPS) is 10.9. The fraction of sp³-hybridized carbons (Fsp3) is 0. The van der Waals surface area contributed by atoms with E-state index in [1.54, 1.807) is 12.1 Å². The Hall–Kier alpha value is -3.01. The fourth-order valence-electron chi connectivity index (χ4n) is 2.01. The molecule has 0 spiro atoms. The highest BCUT2D eigenvalue weighted by atomic mass is 16.2. The molecule has 3 aromatic rings. The molecule has 1 N–H and O–H groups in total. The molecule has 0 aliphatic heterocycles. The lowest BCUT2D eigenvalue weighted by Crippen LogP contribution is -2.04. The third kappa shape index (κ3) is 3.30. The van der Waals surface area contributed by atoms with E-state index < -0.39 is 6.03 Å². The molecule has 102 valence electrons. The van der Waals surface area contributed by atoms with Crippen LogP contribution in [0.1, 0.15) is 0 Å². The first-order chi connectivity index (χ1) is 10.3. The van der Waals surface area contributed by atoms with E-state index in [-0.39, 0.29) is 0 Å². The average Bonchev–Trinajstić information content (AvgIpc) is 2.54. The molecular weight excluding hydrogens is 262 g/mol. The molecule has 21 heavy (non-hydrogen) atoms. The zero-order valence-corrected chi connectivity index (χ0v) is 11.2. The molecule has 3 aromatic carbocycles. The van der Waals surface area contributed by atoms with Crippen molar-refractivity contribution >= 4 is 28.2 Å². The minimum Gasteiger partial charge on any atom is -0.305 e. The minimum atomic E-state index is -0.491. The van der Waals surface area contributed by atoms with Crippen LogP contribution >= 0.6 is 0 Å². The maximum absolute atomic E-state index is 11.7. The van der Waals surface area contributed by atoms with Gasteiger partial charge in [0.25, 0.3) is 0 Å². The highest BCUT2D eigenvalue weighted by molar-refractivity contribution is 5.90. The number of carbonyl (C=O) groups is 1. The summed E-state index contributed by atoms with van der Waals surface area (Å²) in [6.07, 6.45) is 0. The van der Waals surface area contributed by atoms with Gasteiger partial charge in [0.2, 0.25) is 0 Å². The number of benzene rings is 3. The van der Waals surface area contributed by atoms with E-state index in [9.17, 15) is 4.79 Å². The van der Waals surface area contributed by atoms with E-state index in [0.717, 1.165) is 10.8 Å². The summed E-state index contributed by atoms with van der Waals surface area (Å²) in [6.45, 7) is 0. The van der Waals surface area contributed by atoms with Crippen molar-refractivity contribution in [1.82, 2.24) is 0 Å². The van der Waals surface area contributed by atoms with Crippen molar-refractivity contribution < 1.29 is 4.79 Å². The number of hydrogen-bond donors (Lipinski definition) is 1. The van der Waals surface area contributed by atoms with Gasteiger partial charge in [0.1, 0.15) is 0 Å². The number of fused-ring (bicyclic) bond motifs is 1. The summed E-state index contributed by atoms with van der Waals surface area (Å²) in [6, 6.07) is 22.3. The quantitative estimate of drug-likeness (QED) is 0.645. The second-order valence-electron chi connectivity index (χ2n) is 4.53. The van der Waals surface area contributed by atoms with Gasteiger partial charge in [-0.05, 0) is 35.0 Å². The summed E-state index contributed by atoms with van der Waals surface area (Å²) >= 11 is 0. The molecule has 0 saturated heterocycles. The van der Waals surface area contributed by atoms with Gasteiger partial charge < -0.3 is 5.32 Å². The van der Waals surface area contributed by atoms with E-state index in [1.807, 2.05) is 60.7 Å². The van der Waals surface area contributed by atoms with E-state index in [2.05, 4.69) is 15.5 Å². The lowest BCUT2D eigenvalue weighted by molar-refractivity contribution is 0.258. The number of hydrogen-bond acceptors (Lipinski definition) is 2. The molecule has 0 fully saturated rings. The van der Waals surface area contributed by atoms with Gasteiger partial charge in [-0.3, -0.25) is 0 Å². The van der Waals surface area contributed by atoms with E-state index in [1.165, 1.54) is 0 Å². The molecule has 0 unspecified atom stereocenters. The van der Waals surface area contributed by atoms with Crippen LogP contribution in [0.3, 0.4) is 0 Å². The summed E-state index contributed by atoms with van der Waals surface area (Å²) in [5.41, 5.74) is 1.34. The zero-order valence-electron chi connectivity index (χ0n) is 11.2. The van der Waals surface area contributed by atoms with Crippen molar-refractivity contribution in [2.45, 2.75) is 0 Å². The van der Waals surface area contributed by atoms with Crippen molar-refractivity contribution in [3.05, 3.63) is 72.8 Å². The highest BCUT2D eigenvalue weighted by Crippen LogP contribution is 2.21. The van der Waals surface area contributed by atoms with Gasteiger partial charge in [-0.25, -0.2) is 4.79 Å². The molecule has 0 aliphatic rings. The molecule has 0 aliphatic carbocycles. The zero-order chi connectivity index (χ0) is 14.5. The van der Waals surface area contributed by atoms with Crippen LogP contribution in [-0.2, 0) is 0 Å². The van der Waals surface area contributed by atoms with Crippen LogP contribution in [0.25, 0.3) is 10.8 Å². The Kier molecular flexibility index (Phi) is 3.69. The Bertz CT molecular complexity index is 797. The Morgan fingerprint density at radius 3 is 2.33 bits per heavy atom. The Morgan fingerprint density at radius 2 is 1.52 bits per heavy atom. The SMILES string of the molecule is O=C(N=Nc1ccc2ccccc2c1)Nc1ccccc1. The topological polar surface area (TPSA) is 53.8 Å². The number of nitrogens with zero attached hydrogens (tertiary/aromatic N) is 2. The number of anilines is 1. The van der Waals surface area contributed by atoms with Gasteiger partial charge in [-0.15, -0.1) is 5.11 Å². The third-order valence-corrected chi connectivity index (χ3v) is 3.01. The van der Waals surface area contributed by atoms with Crippen LogP contribution in [0.2, 0.25) is 0 Å². The Morgan fingerprint density at radius 1 is 0.810 bits per heavy atom. The number of azo groups is 1. The number of amides is 2. The summed E-state index contributed by atoms with van der Waals surface area (Å²) < 4.78 is 0. The molecule has 0 atom stereocenters. The summed E-state index contributed by atoms with van der Waals surface area (Å²) in [5, 5.41) is 12.5. The number of urea groups is 1. The number of rotatable bonds is 2. The summed E-state index contributed by atoms with van der Waals surface area (Å²) in [4.78, 5) is 11.7. The number of para-hydroxylation sites is 1. The van der Waals surface area contributed by atoms with Gasteiger partial charge >= 0.3 is 6.03 Å². The molecule has 4 nitrogen and oxygen atoms in total. The maximum atomic E-state index is 11.7. The molecule has 0 aromatic heterocycles. The van der Waals surface area contributed by atoms with Crippen LogP contribution in [0, 0.1) is 0 Å². The van der Waals surface area contributed by atoms with Crippen molar-refractivity contribution in [1.29, 1.82) is 0 Å². The first-order valence-corrected chi connectivity index (χ1v) is 6.58. The average molecular weight is 275 g/mol. The molecule has 0 bridgehead atoms. The molecule has 4 heteroatoms. The van der Waals surface area contributed by atoms with Crippen molar-refractivity contribution in [3.63, 3.8) is 0 Å². The minimum absolute atomic E-state index is 0.491. The Labute approximate surface area is 122 Å². The van der Waals surface area contributed by atoms with Crippen LogP contribution in [-0.4, -0.2) is 6.03 Å². The highest BCUT2D eigenvalue weighted by Gasteiger charge is 1.99. The third-order valence-electron chi connectivity index (χ3n) is 3.01. The van der Waals surface area contributed by atoms with Crippen molar-refractivity contribution in [2.24, 2.45) is 10.2 Å². The lowest BCUT2D eigenvalue weighted by Gasteiger charge is -2.00. The van der Waals surface area contributed by atoms with Gasteiger partial charge in [0.15, 0.2) is 0 Å². The van der Waals surface area contributed by atoms with Crippen LogP contribution < -0.4 is 5.32 Å². The standard InChI is InChI=1S/C17H13N3O/c21-17(18-15-8-2-1-3-9-15)20-19-16-11-10-13-6-4-5-7-14(13)12-16/h1-12H,(H,18,21). The molecule has 0 heterocycles. The first-order valence-electron chi connectivity index (χ1n) is 6.58. The van der Waals surface area contributed by atoms with Crippen LogP contribution in [0.15, 0.2) is 83.0 Å². The lowest BCUT2D eigenvalue weighted by atomic mass is 10.1. The van der Waals surface area contributed by atoms with Crippen LogP contribution in [0.4, 0.5) is 16.2 Å².